The van der Waals surface area contributed by atoms with Crippen LogP contribution in [0.2, 0.25) is 0 Å². The average molecular weight is 241 g/mol. The first-order valence-corrected chi connectivity index (χ1v) is 5.47. The van der Waals surface area contributed by atoms with Crippen LogP contribution >= 0.6 is 0 Å². The first-order chi connectivity index (χ1) is 8.81. The van der Waals surface area contributed by atoms with Gasteiger partial charge in [0, 0.05) is 19.4 Å². The molecule has 90 valence electrons. The Morgan fingerprint density at radius 3 is 2.83 bits per heavy atom. The minimum Gasteiger partial charge on any atom is -0.507 e. The van der Waals surface area contributed by atoms with Crippen molar-refractivity contribution in [3.63, 3.8) is 0 Å². The van der Waals surface area contributed by atoms with Gasteiger partial charge in [-0.05, 0) is 12.1 Å². The summed E-state index contributed by atoms with van der Waals surface area (Å²) in [6, 6.07) is 7.01. The average Bonchev–Trinajstić information content (AvgIpc) is 2.88. The topological polar surface area (TPSA) is 75.3 Å². The smallest absolute Gasteiger partial charge is 0.192 e. The molecule has 2 aromatic heterocycles. The van der Waals surface area contributed by atoms with Crippen molar-refractivity contribution >= 4 is 11.5 Å². The number of hydrogen-bond acceptors (Lipinski definition) is 5. The number of hydrogen-bond donors (Lipinski definition) is 2. The first kappa shape index (κ1) is 10.5. The number of aromatic hydroxyl groups is 1. The largest absolute Gasteiger partial charge is 0.507 e. The van der Waals surface area contributed by atoms with Gasteiger partial charge >= 0.3 is 0 Å². The van der Waals surface area contributed by atoms with Gasteiger partial charge in [0.05, 0.1) is 5.56 Å². The summed E-state index contributed by atoms with van der Waals surface area (Å²) in [5.74, 6) is 1.32. The van der Waals surface area contributed by atoms with E-state index in [0.29, 0.717) is 22.9 Å². The zero-order valence-corrected chi connectivity index (χ0v) is 9.70. The van der Waals surface area contributed by atoms with Crippen LogP contribution in [-0.4, -0.2) is 31.7 Å². The number of fused-ring (bicyclic) bond motifs is 1. The van der Waals surface area contributed by atoms with E-state index in [4.69, 9.17) is 0 Å². The molecule has 0 atom stereocenters. The van der Waals surface area contributed by atoms with Crippen LogP contribution in [0.3, 0.4) is 0 Å². The molecule has 0 saturated carbocycles. The van der Waals surface area contributed by atoms with E-state index in [9.17, 15) is 5.11 Å². The second-order valence-corrected chi connectivity index (χ2v) is 3.76. The predicted molar refractivity (Wildman–Crippen MR) is 67.4 cm³/mol. The monoisotopic (exact) mass is 241 g/mol. The molecule has 2 heterocycles. The van der Waals surface area contributed by atoms with Crippen molar-refractivity contribution < 1.29 is 5.11 Å². The van der Waals surface area contributed by atoms with Gasteiger partial charge in [-0.2, -0.15) is 0 Å². The van der Waals surface area contributed by atoms with Crippen LogP contribution < -0.4 is 5.32 Å². The first-order valence-electron chi connectivity index (χ1n) is 5.47. The van der Waals surface area contributed by atoms with Gasteiger partial charge in [0.1, 0.15) is 5.75 Å². The maximum Gasteiger partial charge on any atom is 0.192 e. The maximum atomic E-state index is 9.87. The summed E-state index contributed by atoms with van der Waals surface area (Å²) in [4.78, 5) is 4.22. The summed E-state index contributed by atoms with van der Waals surface area (Å²) in [7, 11) is 1.76. The molecule has 6 nitrogen and oxygen atoms in total. The van der Waals surface area contributed by atoms with Crippen molar-refractivity contribution in [1.29, 1.82) is 0 Å². The van der Waals surface area contributed by atoms with Gasteiger partial charge in [-0.3, -0.25) is 4.40 Å². The SMILES string of the molecule is CNc1nnc(-c2ccccc2O)n2ccnc12. The number of imidazole rings is 1. The molecule has 0 aliphatic heterocycles. The lowest BCUT2D eigenvalue weighted by atomic mass is 10.2. The molecule has 0 unspecified atom stereocenters. The second kappa shape index (κ2) is 3.99. The van der Waals surface area contributed by atoms with Gasteiger partial charge in [0.2, 0.25) is 0 Å². The number of phenols is 1. The van der Waals surface area contributed by atoms with Crippen molar-refractivity contribution in [3.8, 4) is 17.1 Å². The molecule has 0 fully saturated rings. The number of aromatic nitrogens is 4. The zero-order chi connectivity index (χ0) is 12.5. The van der Waals surface area contributed by atoms with Crippen LogP contribution in [0.1, 0.15) is 0 Å². The van der Waals surface area contributed by atoms with Gasteiger partial charge in [-0.15, -0.1) is 10.2 Å². The highest BCUT2D eigenvalue weighted by molar-refractivity contribution is 5.70. The predicted octanol–water partition coefficient (Wildman–Crippen LogP) is 1.54. The third-order valence-corrected chi connectivity index (χ3v) is 2.71. The Hall–Kier alpha value is -2.63. The lowest BCUT2D eigenvalue weighted by Gasteiger charge is -2.07. The van der Waals surface area contributed by atoms with E-state index in [-0.39, 0.29) is 5.75 Å². The Labute approximate surface area is 103 Å². The molecule has 0 bridgehead atoms. The Morgan fingerprint density at radius 2 is 2.06 bits per heavy atom. The van der Waals surface area contributed by atoms with Gasteiger partial charge in [0.25, 0.3) is 0 Å². The Balaban J connectivity index is 2.31. The Morgan fingerprint density at radius 1 is 1.22 bits per heavy atom. The molecule has 0 aliphatic rings. The molecule has 0 saturated heterocycles. The minimum atomic E-state index is 0.166. The molecule has 0 amide bonds. The summed E-state index contributed by atoms with van der Waals surface area (Å²) in [6.45, 7) is 0. The van der Waals surface area contributed by atoms with E-state index >= 15 is 0 Å². The van der Waals surface area contributed by atoms with E-state index in [2.05, 4.69) is 20.5 Å². The minimum absolute atomic E-state index is 0.166. The lowest BCUT2D eigenvalue weighted by molar-refractivity contribution is 0.476. The normalized spacial score (nSPS) is 10.7. The summed E-state index contributed by atoms with van der Waals surface area (Å²) >= 11 is 0. The number of nitrogens with one attached hydrogen (secondary N) is 1. The highest BCUT2D eigenvalue weighted by atomic mass is 16.3. The quantitative estimate of drug-likeness (QED) is 0.711. The number of benzene rings is 1. The van der Waals surface area contributed by atoms with E-state index in [1.54, 1.807) is 42.0 Å². The third-order valence-electron chi connectivity index (χ3n) is 2.71. The summed E-state index contributed by atoms with van der Waals surface area (Å²) in [5.41, 5.74) is 1.29. The molecule has 0 spiro atoms. The molecule has 18 heavy (non-hydrogen) atoms. The van der Waals surface area contributed by atoms with E-state index in [1.807, 2.05) is 6.07 Å². The van der Waals surface area contributed by atoms with E-state index in [1.165, 1.54) is 0 Å². The number of phenolic OH excluding ortho intramolecular Hbond substituents is 1. The van der Waals surface area contributed by atoms with Crippen LogP contribution in [0, 0.1) is 0 Å². The molecule has 0 aliphatic carbocycles. The standard InChI is InChI=1S/C12H11N5O/c1-13-10-12-14-6-7-17(12)11(16-15-10)8-4-2-3-5-9(8)18/h2-7,18H,1H3,(H,13,15). The van der Waals surface area contributed by atoms with Crippen LogP contribution in [0.25, 0.3) is 17.0 Å². The molecule has 2 N–H and O–H groups in total. The highest BCUT2D eigenvalue weighted by Gasteiger charge is 2.13. The number of para-hydroxylation sites is 1. The number of nitrogens with zero attached hydrogens (tertiary/aromatic N) is 4. The molecule has 6 heteroatoms. The third kappa shape index (κ3) is 1.46. The maximum absolute atomic E-state index is 9.87. The molecule has 1 aromatic carbocycles. The lowest BCUT2D eigenvalue weighted by Crippen LogP contribution is -2.03. The van der Waals surface area contributed by atoms with Crippen molar-refractivity contribution in [2.75, 3.05) is 12.4 Å². The summed E-state index contributed by atoms with van der Waals surface area (Å²) in [5, 5.41) is 21.0. The number of rotatable bonds is 2. The molecular weight excluding hydrogens is 230 g/mol. The number of anilines is 1. The van der Waals surface area contributed by atoms with E-state index in [0.717, 1.165) is 0 Å². The fourth-order valence-corrected chi connectivity index (χ4v) is 1.85. The molecule has 3 aromatic rings. The fourth-order valence-electron chi connectivity index (χ4n) is 1.85. The van der Waals surface area contributed by atoms with Gasteiger partial charge in [-0.25, -0.2) is 4.98 Å². The highest BCUT2D eigenvalue weighted by Crippen LogP contribution is 2.27. The van der Waals surface area contributed by atoms with Crippen LogP contribution in [0.5, 0.6) is 5.75 Å². The van der Waals surface area contributed by atoms with Crippen molar-refractivity contribution in [3.05, 3.63) is 36.7 Å². The van der Waals surface area contributed by atoms with Gasteiger partial charge in [-0.1, -0.05) is 12.1 Å². The van der Waals surface area contributed by atoms with Crippen LogP contribution in [-0.2, 0) is 0 Å². The van der Waals surface area contributed by atoms with Crippen molar-refractivity contribution in [2.24, 2.45) is 0 Å². The molecule has 0 radical (unpaired) electrons. The summed E-state index contributed by atoms with van der Waals surface area (Å²) in [6.07, 6.45) is 3.45. The fraction of sp³-hybridized carbons (Fsp3) is 0.0833. The zero-order valence-electron chi connectivity index (χ0n) is 9.70. The Bertz CT molecular complexity index is 707. The van der Waals surface area contributed by atoms with Crippen LogP contribution in [0.15, 0.2) is 36.7 Å². The molecular formula is C12H11N5O. The van der Waals surface area contributed by atoms with Gasteiger partial charge < -0.3 is 10.4 Å². The second-order valence-electron chi connectivity index (χ2n) is 3.76. The van der Waals surface area contributed by atoms with E-state index < -0.39 is 0 Å². The van der Waals surface area contributed by atoms with Crippen LogP contribution in [0.4, 0.5) is 5.82 Å². The van der Waals surface area contributed by atoms with Crippen molar-refractivity contribution in [2.45, 2.75) is 0 Å². The Kier molecular flexibility index (Phi) is 2.33. The van der Waals surface area contributed by atoms with Gasteiger partial charge in [0.15, 0.2) is 17.3 Å². The summed E-state index contributed by atoms with van der Waals surface area (Å²) < 4.78 is 1.79. The van der Waals surface area contributed by atoms with Crippen molar-refractivity contribution in [1.82, 2.24) is 19.6 Å². The molecule has 3 rings (SSSR count).